The number of para-hydroxylation sites is 1. The van der Waals surface area contributed by atoms with Gasteiger partial charge in [-0.15, -0.1) is 29.7 Å². The first-order chi connectivity index (χ1) is 31.0. The molecular weight excluding hydrogens is 868 g/mol. The van der Waals surface area contributed by atoms with Crippen LogP contribution in [0, 0.1) is 18.5 Å². The Morgan fingerprint density at radius 2 is 1.46 bits per heavy atom. The SMILES string of the molecule is [2H]c1c([2H])c([2H])c(-c2cccc(-c3c([2H])c([2H])c([2H])c([2H])c3[2H])c2-[n+]2[c-]n(-c3[c-]c(Oc4[c-]c5c(cc4)c4cc(C(C)(C)C)ccc4n5-c4cc(CC)ccn4)ccc3)cc2)c([2H])c1[2H].[Pt]. The van der Waals surface area contributed by atoms with Gasteiger partial charge in [0.25, 0.3) is 6.33 Å². The van der Waals surface area contributed by atoms with E-state index in [1.165, 1.54) is 10.1 Å². The predicted octanol–water partition coefficient (Wildman–Crippen LogP) is 11.6. The molecule has 6 heteroatoms. The Morgan fingerprint density at radius 3 is 2.16 bits per heavy atom. The van der Waals surface area contributed by atoms with Crippen LogP contribution < -0.4 is 9.30 Å². The molecule has 0 saturated carbocycles. The van der Waals surface area contributed by atoms with Crippen molar-refractivity contribution in [2.75, 3.05) is 0 Å². The molecule has 56 heavy (non-hydrogen) atoms. The van der Waals surface area contributed by atoms with Crippen molar-refractivity contribution in [3.63, 3.8) is 0 Å². The molecule has 278 valence electrons. The van der Waals surface area contributed by atoms with Crippen molar-refractivity contribution >= 4 is 21.8 Å². The van der Waals surface area contributed by atoms with Crippen LogP contribution in [-0.2, 0) is 32.9 Å². The van der Waals surface area contributed by atoms with Crippen molar-refractivity contribution in [1.82, 2.24) is 14.1 Å². The molecule has 0 radical (unpaired) electrons. The van der Waals surface area contributed by atoms with Crippen LogP contribution >= 0.6 is 0 Å². The van der Waals surface area contributed by atoms with E-state index in [9.17, 15) is 0 Å². The summed E-state index contributed by atoms with van der Waals surface area (Å²) in [6, 6.07) is 26.2. The number of rotatable bonds is 8. The minimum Gasteiger partial charge on any atom is -0.510 e. The molecule has 0 bridgehead atoms. The second kappa shape index (κ2) is 15.2. The second-order valence-corrected chi connectivity index (χ2v) is 14.1. The van der Waals surface area contributed by atoms with Crippen molar-refractivity contribution < 1.29 is 44.1 Å². The third-order valence-corrected chi connectivity index (χ3v) is 9.59. The van der Waals surface area contributed by atoms with Gasteiger partial charge in [-0.2, -0.15) is 18.2 Å². The maximum atomic E-state index is 8.84. The fourth-order valence-corrected chi connectivity index (χ4v) is 6.80. The summed E-state index contributed by atoms with van der Waals surface area (Å²) in [7, 11) is 0. The molecule has 0 saturated heterocycles. The number of aromatic nitrogens is 4. The van der Waals surface area contributed by atoms with E-state index in [2.05, 4.69) is 75.0 Å². The predicted molar refractivity (Wildman–Crippen MR) is 221 cm³/mol. The quantitative estimate of drug-likeness (QED) is 0.112. The number of pyridine rings is 1. The minimum absolute atomic E-state index is 0. The smallest absolute Gasteiger partial charge is 0.267 e. The Bertz CT molecular complexity index is 3270. The van der Waals surface area contributed by atoms with E-state index < -0.39 is 60.4 Å². The van der Waals surface area contributed by atoms with Gasteiger partial charge in [0.2, 0.25) is 0 Å². The Morgan fingerprint density at radius 1 is 0.768 bits per heavy atom. The molecule has 0 spiro atoms. The summed E-state index contributed by atoms with van der Waals surface area (Å²) in [4.78, 5) is 4.77. The maximum Gasteiger partial charge on any atom is 0.267 e. The van der Waals surface area contributed by atoms with Gasteiger partial charge < -0.3 is 13.9 Å². The van der Waals surface area contributed by atoms with Gasteiger partial charge in [-0.1, -0.05) is 124 Å². The normalized spacial score (nSPS) is 14.0. The van der Waals surface area contributed by atoms with Gasteiger partial charge in [-0.25, -0.2) is 4.98 Å². The summed E-state index contributed by atoms with van der Waals surface area (Å²) in [5.74, 6) is 1.59. The van der Waals surface area contributed by atoms with Crippen LogP contribution in [0.4, 0.5) is 0 Å². The Kier molecular flexibility index (Phi) is 7.27. The first-order valence-corrected chi connectivity index (χ1v) is 18.0. The fraction of sp³-hybridized carbons (Fsp3) is 0.120. The zero-order chi connectivity index (χ0) is 46.2. The van der Waals surface area contributed by atoms with Crippen LogP contribution in [0.15, 0.2) is 158 Å². The maximum absolute atomic E-state index is 8.84. The molecule has 0 amide bonds. The van der Waals surface area contributed by atoms with E-state index in [1.54, 1.807) is 53.4 Å². The van der Waals surface area contributed by atoms with Crippen LogP contribution in [0.3, 0.4) is 0 Å². The van der Waals surface area contributed by atoms with Gasteiger partial charge >= 0.3 is 0 Å². The van der Waals surface area contributed by atoms with Crippen LogP contribution in [-0.4, -0.2) is 14.1 Å². The van der Waals surface area contributed by atoms with Gasteiger partial charge in [0.05, 0.1) is 19.4 Å². The number of hydrogen-bond donors (Lipinski definition) is 0. The molecule has 0 aliphatic heterocycles. The van der Waals surface area contributed by atoms with Crippen molar-refractivity contribution in [3.8, 4) is 50.9 Å². The third-order valence-electron chi connectivity index (χ3n) is 9.59. The average Bonchev–Trinajstić information content (AvgIpc) is 3.92. The van der Waals surface area contributed by atoms with Gasteiger partial charge in [0.1, 0.15) is 5.82 Å². The molecule has 0 aliphatic carbocycles. The van der Waals surface area contributed by atoms with E-state index in [1.807, 2.05) is 24.4 Å². The molecule has 6 aromatic carbocycles. The van der Waals surface area contributed by atoms with Gasteiger partial charge in [0.15, 0.2) is 0 Å². The molecule has 0 aliphatic rings. The number of hydrogen-bond acceptors (Lipinski definition) is 2. The molecule has 5 nitrogen and oxygen atoms in total. The minimum atomic E-state index is -0.566. The molecule has 9 rings (SSSR count). The largest absolute Gasteiger partial charge is 0.510 e. The average molecular weight is 918 g/mol. The van der Waals surface area contributed by atoms with E-state index >= 15 is 0 Å². The first kappa shape index (κ1) is 26.7. The van der Waals surface area contributed by atoms with Crippen molar-refractivity contribution in [2.45, 2.75) is 39.5 Å². The van der Waals surface area contributed by atoms with Crippen LogP contribution in [0.25, 0.3) is 61.3 Å². The number of benzene rings is 6. The molecular formula is C50H40N4OPt-2. The summed E-state index contributed by atoms with van der Waals surface area (Å²) < 4.78 is 97.1. The summed E-state index contributed by atoms with van der Waals surface area (Å²) in [5, 5.41) is 2.07. The molecule has 0 unspecified atom stereocenters. The van der Waals surface area contributed by atoms with Crippen LogP contribution in [0.5, 0.6) is 11.5 Å². The molecule has 0 atom stereocenters. The van der Waals surface area contributed by atoms with Crippen molar-refractivity contribution in [1.29, 1.82) is 0 Å². The Balaban J connectivity index is 0.00000592. The summed E-state index contributed by atoms with van der Waals surface area (Å²) in [6.45, 7) is 8.69. The van der Waals surface area contributed by atoms with Crippen LogP contribution in [0.2, 0.25) is 0 Å². The summed E-state index contributed by atoms with van der Waals surface area (Å²) in [5.41, 5.74) is 4.80. The molecule has 3 heterocycles. The zero-order valence-electron chi connectivity index (χ0n) is 41.0. The third kappa shape index (κ3) is 7.00. The van der Waals surface area contributed by atoms with Gasteiger partial charge in [-0.3, -0.25) is 4.57 Å². The number of aryl methyl sites for hydroxylation is 1. The standard InChI is InChI=1S/C50H40N4O.Pt/c1-5-35-26-27-51-48(30-35)54-46-25-22-38(50(2,3)4)31-45(46)44-24-23-41(33-47(44)54)55-40-19-12-18-39(32-40)52-28-29-53(34-52)49-42(36-14-8-6-9-15-36)20-13-21-43(49)37-16-10-7-11-17-37;/h6-31H,5H2,1-4H3;/q-2;/i6D,7D,8D,9D,10D,11D,14D,15D,16D,17D;. The van der Waals surface area contributed by atoms with E-state index in [0.717, 1.165) is 39.6 Å². The number of imidazole rings is 1. The summed E-state index contributed by atoms with van der Waals surface area (Å²) in [6.07, 6.45) is 9.18. The van der Waals surface area contributed by atoms with E-state index in [4.69, 9.17) is 23.4 Å². The monoisotopic (exact) mass is 917 g/mol. The molecule has 3 aromatic heterocycles. The fourth-order valence-electron chi connectivity index (χ4n) is 6.80. The topological polar surface area (TPSA) is 35.9 Å². The molecule has 0 N–H and O–H groups in total. The van der Waals surface area contributed by atoms with Crippen molar-refractivity contribution in [2.24, 2.45) is 0 Å². The number of fused-ring (bicyclic) bond motifs is 3. The number of ether oxygens (including phenoxy) is 1. The van der Waals surface area contributed by atoms with Crippen LogP contribution in [0.1, 0.15) is 52.5 Å². The number of nitrogens with zero attached hydrogens (tertiary/aromatic N) is 4. The second-order valence-electron chi connectivity index (χ2n) is 14.1. The molecule has 9 aromatic rings. The Labute approximate surface area is 356 Å². The van der Waals surface area contributed by atoms with E-state index in [0.29, 0.717) is 17.2 Å². The van der Waals surface area contributed by atoms with E-state index in [-0.39, 0.29) is 54.4 Å². The van der Waals surface area contributed by atoms with Gasteiger partial charge in [-0.05, 0) is 74.5 Å². The molecule has 0 fully saturated rings. The van der Waals surface area contributed by atoms with Crippen molar-refractivity contribution in [3.05, 3.63) is 187 Å². The Hall–Kier alpha value is -6.03. The first-order valence-electron chi connectivity index (χ1n) is 23.0. The summed E-state index contributed by atoms with van der Waals surface area (Å²) >= 11 is 0. The zero-order valence-corrected chi connectivity index (χ0v) is 33.2. The van der Waals surface area contributed by atoms with Gasteiger partial charge in [0, 0.05) is 56.7 Å².